The van der Waals surface area contributed by atoms with Crippen molar-refractivity contribution in [2.75, 3.05) is 20.1 Å². The van der Waals surface area contributed by atoms with Crippen LogP contribution in [0.1, 0.15) is 44.1 Å². The van der Waals surface area contributed by atoms with E-state index in [4.69, 9.17) is 4.74 Å². The van der Waals surface area contributed by atoms with E-state index in [1.807, 2.05) is 18.2 Å². The van der Waals surface area contributed by atoms with Crippen LogP contribution in [0.3, 0.4) is 0 Å². The van der Waals surface area contributed by atoms with Gasteiger partial charge in [0.15, 0.2) is 5.96 Å². The van der Waals surface area contributed by atoms with Crippen LogP contribution >= 0.6 is 24.0 Å². The van der Waals surface area contributed by atoms with E-state index < -0.39 is 0 Å². The third kappa shape index (κ3) is 6.86. The van der Waals surface area contributed by atoms with Crippen LogP contribution in [0.4, 0.5) is 0 Å². The zero-order valence-corrected chi connectivity index (χ0v) is 18.3. The summed E-state index contributed by atoms with van der Waals surface area (Å²) in [5, 5.41) is 9.63. The number of aliphatic imine (C=N–C) groups is 1. The third-order valence-corrected chi connectivity index (χ3v) is 5.05. The minimum Gasteiger partial charge on any atom is -0.488 e. The minimum atomic E-state index is 0. The number of guanidine groups is 1. The maximum Gasteiger partial charge on any atom is 0.221 e. The highest BCUT2D eigenvalue weighted by atomic mass is 127. The molecule has 1 atom stereocenters. The quantitative estimate of drug-likeness (QED) is 0.329. The first-order valence-corrected chi connectivity index (χ1v) is 9.73. The zero-order chi connectivity index (χ0) is 18.2. The molecule has 1 aliphatic heterocycles. The Morgan fingerprint density at radius 2 is 1.96 bits per heavy atom. The molecule has 7 heteroatoms. The van der Waals surface area contributed by atoms with Gasteiger partial charge in [0, 0.05) is 32.5 Å². The lowest BCUT2D eigenvalue weighted by atomic mass is 9.95. The highest BCUT2D eigenvalue weighted by molar-refractivity contribution is 14.0. The van der Waals surface area contributed by atoms with E-state index in [0.717, 1.165) is 25.0 Å². The molecule has 0 saturated heterocycles. The monoisotopic (exact) mass is 486 g/mol. The van der Waals surface area contributed by atoms with Crippen molar-refractivity contribution >= 4 is 35.8 Å². The second-order valence-electron chi connectivity index (χ2n) is 7.08. The Morgan fingerprint density at radius 3 is 2.70 bits per heavy atom. The van der Waals surface area contributed by atoms with Gasteiger partial charge < -0.3 is 20.7 Å². The van der Waals surface area contributed by atoms with Gasteiger partial charge in [0.05, 0.1) is 6.54 Å². The van der Waals surface area contributed by atoms with Crippen molar-refractivity contribution < 1.29 is 9.53 Å². The number of ether oxygens (including phenoxy) is 1. The van der Waals surface area contributed by atoms with Crippen molar-refractivity contribution in [3.63, 3.8) is 0 Å². The fourth-order valence-electron chi connectivity index (χ4n) is 3.64. The molecule has 1 saturated carbocycles. The number of amides is 1. The summed E-state index contributed by atoms with van der Waals surface area (Å²) in [5.74, 6) is 1.80. The van der Waals surface area contributed by atoms with Crippen molar-refractivity contribution in [2.24, 2.45) is 4.99 Å². The van der Waals surface area contributed by atoms with Crippen LogP contribution in [0.15, 0.2) is 29.3 Å². The summed E-state index contributed by atoms with van der Waals surface area (Å²) >= 11 is 0. The normalized spacial score (nSPS) is 19.4. The average Bonchev–Trinajstić information content (AvgIpc) is 3.08. The summed E-state index contributed by atoms with van der Waals surface area (Å²) in [6.07, 6.45) is 7.47. The van der Waals surface area contributed by atoms with Crippen molar-refractivity contribution in [3.05, 3.63) is 29.8 Å². The lowest BCUT2D eigenvalue weighted by molar-refractivity contribution is -0.121. The minimum absolute atomic E-state index is 0. The topological polar surface area (TPSA) is 74.8 Å². The van der Waals surface area contributed by atoms with Crippen LogP contribution in [-0.4, -0.2) is 44.1 Å². The number of hydrogen-bond donors (Lipinski definition) is 3. The zero-order valence-electron chi connectivity index (χ0n) is 16.0. The molecule has 1 aromatic rings. The number of para-hydroxylation sites is 1. The molecule has 1 fully saturated rings. The van der Waals surface area contributed by atoms with Gasteiger partial charge in [-0.1, -0.05) is 37.5 Å². The molecule has 27 heavy (non-hydrogen) atoms. The number of nitrogens with one attached hydrogen (secondary N) is 3. The summed E-state index contributed by atoms with van der Waals surface area (Å²) in [5.41, 5.74) is 1.25. The molecule has 2 aliphatic rings. The lowest BCUT2D eigenvalue weighted by Gasteiger charge is -2.22. The second kappa shape index (κ2) is 11.4. The number of halogens is 1. The number of benzene rings is 1. The molecule has 1 aromatic carbocycles. The van der Waals surface area contributed by atoms with Crippen LogP contribution < -0.4 is 20.7 Å². The fraction of sp³-hybridized carbons (Fsp3) is 0.600. The standard InChI is InChI=1S/C20H30N4O2.HI/c1-21-20(22-12-11-19(25)24-16-8-3-2-4-9-16)23-14-17-13-15-7-5-6-10-18(15)26-17;/h5-7,10,16-17H,2-4,8-9,11-14H2,1H3,(H,24,25)(H2,21,22,23);1H. The number of rotatable bonds is 6. The summed E-state index contributed by atoms with van der Waals surface area (Å²) < 4.78 is 5.92. The number of nitrogens with zero attached hydrogens (tertiary/aromatic N) is 1. The molecular formula is C20H31IN4O2. The van der Waals surface area contributed by atoms with Crippen LogP contribution in [-0.2, 0) is 11.2 Å². The van der Waals surface area contributed by atoms with Gasteiger partial charge in [-0.25, -0.2) is 0 Å². The van der Waals surface area contributed by atoms with Gasteiger partial charge in [-0.05, 0) is 24.5 Å². The van der Waals surface area contributed by atoms with Gasteiger partial charge >= 0.3 is 0 Å². The van der Waals surface area contributed by atoms with Gasteiger partial charge in [0.1, 0.15) is 11.9 Å². The van der Waals surface area contributed by atoms with E-state index in [2.05, 4.69) is 27.0 Å². The van der Waals surface area contributed by atoms with E-state index in [-0.39, 0.29) is 36.0 Å². The molecule has 0 bridgehead atoms. The Morgan fingerprint density at radius 1 is 1.19 bits per heavy atom. The first kappa shape index (κ1) is 21.8. The van der Waals surface area contributed by atoms with Crippen LogP contribution in [0.2, 0.25) is 0 Å². The molecule has 1 unspecified atom stereocenters. The third-order valence-electron chi connectivity index (χ3n) is 5.05. The highest BCUT2D eigenvalue weighted by Gasteiger charge is 2.22. The van der Waals surface area contributed by atoms with Crippen LogP contribution in [0.5, 0.6) is 5.75 Å². The molecule has 0 aromatic heterocycles. The maximum atomic E-state index is 12.0. The Hall–Kier alpha value is -1.51. The Kier molecular flexibility index (Phi) is 9.17. The number of fused-ring (bicyclic) bond motifs is 1. The maximum absolute atomic E-state index is 12.0. The van der Waals surface area contributed by atoms with Gasteiger partial charge in [-0.15, -0.1) is 24.0 Å². The first-order chi connectivity index (χ1) is 12.7. The van der Waals surface area contributed by atoms with Gasteiger partial charge in [-0.2, -0.15) is 0 Å². The predicted octanol–water partition coefficient (Wildman–Crippen LogP) is 2.61. The summed E-state index contributed by atoms with van der Waals surface area (Å²) in [4.78, 5) is 16.3. The summed E-state index contributed by atoms with van der Waals surface area (Å²) in [6.45, 7) is 1.26. The second-order valence-corrected chi connectivity index (χ2v) is 7.08. The molecule has 3 N–H and O–H groups in total. The molecule has 1 heterocycles. The molecule has 1 amide bonds. The molecule has 3 rings (SSSR count). The van der Waals surface area contributed by atoms with E-state index in [1.54, 1.807) is 7.05 Å². The Balaban J connectivity index is 0.00000261. The Bertz CT molecular complexity index is 607. The van der Waals surface area contributed by atoms with Gasteiger partial charge in [0.2, 0.25) is 5.91 Å². The predicted molar refractivity (Wildman–Crippen MR) is 119 cm³/mol. The smallest absolute Gasteiger partial charge is 0.221 e. The van der Waals surface area contributed by atoms with Crippen LogP contribution in [0.25, 0.3) is 0 Å². The molecule has 1 aliphatic carbocycles. The van der Waals surface area contributed by atoms with E-state index in [9.17, 15) is 4.79 Å². The van der Waals surface area contributed by atoms with E-state index in [0.29, 0.717) is 31.5 Å². The van der Waals surface area contributed by atoms with Crippen molar-refractivity contribution in [1.29, 1.82) is 0 Å². The van der Waals surface area contributed by atoms with E-state index in [1.165, 1.54) is 24.8 Å². The molecular weight excluding hydrogens is 455 g/mol. The lowest BCUT2D eigenvalue weighted by Crippen LogP contribution is -2.44. The summed E-state index contributed by atoms with van der Waals surface area (Å²) in [6, 6.07) is 8.51. The Labute approximate surface area is 178 Å². The number of carbonyl (C=O) groups excluding carboxylic acids is 1. The van der Waals surface area contributed by atoms with E-state index >= 15 is 0 Å². The average molecular weight is 486 g/mol. The van der Waals surface area contributed by atoms with Crippen molar-refractivity contribution in [3.8, 4) is 5.75 Å². The SMILES string of the molecule is CN=C(NCCC(=O)NC1CCCCC1)NCC1Cc2ccccc2O1.I. The number of carbonyl (C=O) groups is 1. The molecule has 6 nitrogen and oxygen atoms in total. The molecule has 150 valence electrons. The van der Waals surface area contributed by atoms with Crippen LogP contribution in [0, 0.1) is 0 Å². The molecule has 0 radical (unpaired) electrons. The number of hydrogen-bond acceptors (Lipinski definition) is 3. The van der Waals surface area contributed by atoms with Crippen molar-refractivity contribution in [1.82, 2.24) is 16.0 Å². The largest absolute Gasteiger partial charge is 0.488 e. The first-order valence-electron chi connectivity index (χ1n) is 9.73. The van der Waals surface area contributed by atoms with Gasteiger partial charge in [0.25, 0.3) is 0 Å². The fourth-order valence-corrected chi connectivity index (χ4v) is 3.64. The van der Waals surface area contributed by atoms with Gasteiger partial charge in [-0.3, -0.25) is 9.79 Å². The summed E-state index contributed by atoms with van der Waals surface area (Å²) in [7, 11) is 1.74. The molecule has 0 spiro atoms. The highest BCUT2D eigenvalue weighted by Crippen LogP contribution is 2.27. The van der Waals surface area contributed by atoms with Crippen molar-refractivity contribution in [2.45, 2.75) is 57.1 Å².